The Morgan fingerprint density at radius 2 is 1.59 bits per heavy atom. The Labute approximate surface area is 291 Å². The van der Waals surface area contributed by atoms with Gasteiger partial charge in [0.05, 0.1) is 19.8 Å². The third-order valence-corrected chi connectivity index (χ3v) is 10.1. The molecular formula is C39H44N2O7S. The number of hydrogen-bond acceptors (Lipinski definition) is 9. The number of rotatable bonds is 17. The summed E-state index contributed by atoms with van der Waals surface area (Å²) in [5.74, 6) is 1.73. The summed E-state index contributed by atoms with van der Waals surface area (Å²) in [6.45, 7) is 7.81. The van der Waals surface area contributed by atoms with Gasteiger partial charge in [-0.3, -0.25) is 19.3 Å². The zero-order valence-electron chi connectivity index (χ0n) is 28.1. The molecular weight excluding hydrogens is 641 g/mol. The number of esters is 1. The van der Waals surface area contributed by atoms with E-state index < -0.39 is 0 Å². The molecule has 0 aliphatic carbocycles. The van der Waals surface area contributed by atoms with E-state index in [1.54, 1.807) is 30.4 Å². The second kappa shape index (κ2) is 16.8. The van der Waals surface area contributed by atoms with E-state index >= 15 is 0 Å². The molecule has 2 aliphatic heterocycles. The summed E-state index contributed by atoms with van der Waals surface area (Å²) in [6.07, 6.45) is 4.74. The summed E-state index contributed by atoms with van der Waals surface area (Å²) in [5, 5.41) is 0.894. The predicted molar refractivity (Wildman–Crippen MR) is 191 cm³/mol. The number of ether oxygens (including phenoxy) is 4. The Kier molecular flexibility index (Phi) is 11.8. The summed E-state index contributed by atoms with van der Waals surface area (Å²) in [5.41, 5.74) is 2.05. The molecule has 0 atom stereocenters. The minimum absolute atomic E-state index is 0.0792. The minimum Gasteiger partial charge on any atom is -0.492 e. The Balaban J connectivity index is 1.22. The van der Waals surface area contributed by atoms with Crippen molar-refractivity contribution >= 4 is 39.1 Å². The number of nitrogens with zero attached hydrogens (tertiary/aromatic N) is 2. The lowest BCUT2D eigenvalue weighted by atomic mass is 9.97. The third kappa shape index (κ3) is 8.80. The molecule has 6 rings (SSSR count). The smallest absolute Gasteiger partial charge is 0.305 e. The maximum atomic E-state index is 14.2. The number of likely N-dealkylation sites (tertiary alicyclic amines) is 2. The van der Waals surface area contributed by atoms with Crippen molar-refractivity contribution in [3.63, 3.8) is 0 Å². The molecule has 9 nitrogen and oxygen atoms in total. The van der Waals surface area contributed by atoms with Gasteiger partial charge in [0, 0.05) is 52.0 Å². The Hall–Kier alpha value is -4.41. The maximum absolute atomic E-state index is 14.2. The van der Waals surface area contributed by atoms with Crippen LogP contribution in [-0.4, -0.2) is 86.6 Å². The zero-order chi connectivity index (χ0) is 34.0. The lowest BCUT2D eigenvalue weighted by molar-refractivity contribution is -0.143. The normalized spacial score (nSPS) is 14.8. The van der Waals surface area contributed by atoms with Gasteiger partial charge in [-0.2, -0.15) is 0 Å². The molecule has 0 spiro atoms. The van der Waals surface area contributed by atoms with Crippen LogP contribution in [0.2, 0.25) is 0 Å². The molecule has 258 valence electrons. The molecule has 3 heterocycles. The molecule has 1 aromatic heterocycles. The monoisotopic (exact) mass is 684 g/mol. The van der Waals surface area contributed by atoms with Crippen LogP contribution in [-0.2, 0) is 14.3 Å². The summed E-state index contributed by atoms with van der Waals surface area (Å²) in [7, 11) is 0. The molecule has 2 aliphatic rings. The van der Waals surface area contributed by atoms with Crippen molar-refractivity contribution in [2.45, 2.75) is 45.4 Å². The number of thiophene rings is 1. The molecule has 0 N–H and O–H groups in total. The fraction of sp³-hybridized carbons (Fsp3) is 0.410. The number of hydrogen-bond donors (Lipinski definition) is 0. The van der Waals surface area contributed by atoms with Crippen molar-refractivity contribution < 1.29 is 33.3 Å². The van der Waals surface area contributed by atoms with Gasteiger partial charge in [-0.05, 0) is 99.8 Å². The van der Waals surface area contributed by atoms with Crippen molar-refractivity contribution in [3.8, 4) is 27.7 Å². The van der Waals surface area contributed by atoms with Gasteiger partial charge in [-0.15, -0.1) is 11.3 Å². The highest BCUT2D eigenvalue weighted by atomic mass is 32.1. The van der Waals surface area contributed by atoms with Crippen molar-refractivity contribution in [3.05, 3.63) is 77.9 Å². The van der Waals surface area contributed by atoms with E-state index in [0.29, 0.717) is 74.2 Å². The van der Waals surface area contributed by atoms with Gasteiger partial charge in [0.25, 0.3) is 0 Å². The number of benzene rings is 3. The Bertz CT molecular complexity index is 1750. The van der Waals surface area contributed by atoms with E-state index in [1.165, 1.54) is 12.8 Å². The van der Waals surface area contributed by atoms with Crippen molar-refractivity contribution in [1.82, 2.24) is 9.80 Å². The van der Waals surface area contributed by atoms with Crippen LogP contribution < -0.4 is 14.2 Å². The predicted octanol–water partition coefficient (Wildman–Crippen LogP) is 7.00. The average Bonchev–Trinajstić information content (AvgIpc) is 3.88. The molecule has 0 bridgehead atoms. The number of amides is 1. The largest absolute Gasteiger partial charge is 0.492 e. The highest BCUT2D eigenvalue weighted by molar-refractivity contribution is 7.22. The molecule has 3 aromatic carbocycles. The maximum Gasteiger partial charge on any atom is 0.305 e. The van der Waals surface area contributed by atoms with E-state index in [0.717, 1.165) is 53.1 Å². The lowest BCUT2D eigenvalue weighted by Gasteiger charge is -2.17. The summed E-state index contributed by atoms with van der Waals surface area (Å²) in [4.78, 5) is 43.1. The summed E-state index contributed by atoms with van der Waals surface area (Å²) < 4.78 is 24.4. The van der Waals surface area contributed by atoms with E-state index in [1.807, 2.05) is 59.5 Å². The van der Waals surface area contributed by atoms with Gasteiger partial charge >= 0.3 is 5.97 Å². The first-order valence-corrected chi connectivity index (χ1v) is 18.2. The van der Waals surface area contributed by atoms with Gasteiger partial charge in [-0.25, -0.2) is 0 Å². The fourth-order valence-corrected chi connectivity index (χ4v) is 7.54. The first-order valence-electron chi connectivity index (χ1n) is 17.3. The van der Waals surface area contributed by atoms with Crippen molar-refractivity contribution in [2.24, 2.45) is 0 Å². The van der Waals surface area contributed by atoms with Crippen LogP contribution in [0.5, 0.6) is 17.2 Å². The van der Waals surface area contributed by atoms with Gasteiger partial charge < -0.3 is 23.8 Å². The molecule has 0 radical (unpaired) electrons. The third-order valence-electron chi connectivity index (χ3n) is 8.90. The van der Waals surface area contributed by atoms with Crippen LogP contribution in [0, 0.1) is 0 Å². The van der Waals surface area contributed by atoms with Crippen molar-refractivity contribution in [1.29, 1.82) is 0 Å². The standard InChI is InChI=1S/C39H44N2O7S/c1-2-45-36(43)12-8-24-47-33-27-29(15-18-32(33)48-25-22-40-19-5-6-20-40)39-37(31-9-3-4-10-34(31)49-39)38(44)28-13-16-30(17-14-28)46-26-23-41-21-7-11-35(41)42/h3-4,9-10,13-18,27H,2,5-8,11-12,19-26H2,1H3. The summed E-state index contributed by atoms with van der Waals surface area (Å²) >= 11 is 1.57. The highest BCUT2D eigenvalue weighted by Gasteiger charge is 2.23. The number of carbonyl (C=O) groups excluding carboxylic acids is 3. The van der Waals surface area contributed by atoms with Crippen LogP contribution >= 0.6 is 11.3 Å². The van der Waals surface area contributed by atoms with Crippen LogP contribution in [0.1, 0.15) is 61.4 Å². The quantitative estimate of drug-likeness (QED) is 0.0667. The van der Waals surface area contributed by atoms with E-state index in [2.05, 4.69) is 4.90 Å². The molecule has 2 saturated heterocycles. The molecule has 1 amide bonds. The van der Waals surface area contributed by atoms with E-state index in [4.69, 9.17) is 18.9 Å². The fourth-order valence-electron chi connectivity index (χ4n) is 6.34. The number of fused-ring (bicyclic) bond motifs is 1. The van der Waals surface area contributed by atoms with Gasteiger partial charge in [-0.1, -0.05) is 18.2 Å². The second-order valence-corrected chi connectivity index (χ2v) is 13.4. The van der Waals surface area contributed by atoms with Gasteiger partial charge in [0.2, 0.25) is 5.91 Å². The molecule has 0 saturated carbocycles. The molecule has 0 unspecified atom stereocenters. The van der Waals surface area contributed by atoms with Gasteiger partial charge in [0.15, 0.2) is 17.3 Å². The molecule has 2 fully saturated rings. The molecule has 10 heteroatoms. The highest BCUT2D eigenvalue weighted by Crippen LogP contribution is 2.42. The molecule has 49 heavy (non-hydrogen) atoms. The van der Waals surface area contributed by atoms with Crippen LogP contribution in [0.3, 0.4) is 0 Å². The lowest BCUT2D eigenvalue weighted by Crippen LogP contribution is -2.29. The summed E-state index contributed by atoms with van der Waals surface area (Å²) in [6, 6.07) is 21.0. The van der Waals surface area contributed by atoms with Gasteiger partial charge in [0.1, 0.15) is 19.0 Å². The Morgan fingerprint density at radius 1 is 0.816 bits per heavy atom. The minimum atomic E-state index is -0.242. The van der Waals surface area contributed by atoms with E-state index in [9.17, 15) is 14.4 Å². The van der Waals surface area contributed by atoms with Crippen molar-refractivity contribution in [2.75, 3.05) is 59.2 Å². The first-order chi connectivity index (χ1) is 24.0. The first kappa shape index (κ1) is 34.5. The number of carbonyl (C=O) groups is 3. The van der Waals surface area contributed by atoms with E-state index in [-0.39, 0.29) is 24.1 Å². The molecule has 4 aromatic rings. The van der Waals surface area contributed by atoms with Crippen LogP contribution in [0.15, 0.2) is 66.7 Å². The van der Waals surface area contributed by atoms with Crippen LogP contribution in [0.25, 0.3) is 20.5 Å². The second-order valence-electron chi connectivity index (χ2n) is 12.3. The number of ketones is 1. The zero-order valence-corrected chi connectivity index (χ0v) is 28.9. The van der Waals surface area contributed by atoms with Crippen LogP contribution in [0.4, 0.5) is 0 Å². The topological polar surface area (TPSA) is 94.6 Å². The average molecular weight is 685 g/mol. The SMILES string of the molecule is CCOC(=O)CCCOc1cc(-c2sc3ccccc3c2C(=O)c2ccc(OCCN3CCCC3=O)cc2)ccc1OCCN1CCCC1. The Morgan fingerprint density at radius 3 is 2.37 bits per heavy atom.